The predicted octanol–water partition coefficient (Wildman–Crippen LogP) is 5.38. The zero-order valence-corrected chi connectivity index (χ0v) is 18.6. The molecule has 0 aliphatic heterocycles. The van der Waals surface area contributed by atoms with Crippen LogP contribution in [0.4, 0.5) is 15.9 Å². The molecule has 0 radical (unpaired) electrons. The summed E-state index contributed by atoms with van der Waals surface area (Å²) in [7, 11) is 2.96. The van der Waals surface area contributed by atoms with Crippen molar-refractivity contribution in [3.8, 4) is 5.75 Å². The third-order valence-electron chi connectivity index (χ3n) is 4.92. The minimum absolute atomic E-state index is 0.188. The van der Waals surface area contributed by atoms with Gasteiger partial charge >= 0.3 is 0 Å². The van der Waals surface area contributed by atoms with Gasteiger partial charge in [0.15, 0.2) is 0 Å². The Bertz CT molecular complexity index is 1320. The summed E-state index contributed by atoms with van der Waals surface area (Å²) in [5.74, 6) is 0.364. The molecular weight excluding hydrogens is 447 g/mol. The van der Waals surface area contributed by atoms with E-state index in [-0.39, 0.29) is 18.3 Å². The highest BCUT2D eigenvalue weighted by atomic mass is 35.5. The Hall–Kier alpha value is -3.75. The molecule has 7 nitrogen and oxygen atoms in total. The van der Waals surface area contributed by atoms with Crippen LogP contribution in [0.5, 0.6) is 5.75 Å². The molecule has 0 unspecified atom stereocenters. The van der Waals surface area contributed by atoms with Gasteiger partial charge in [-0.1, -0.05) is 23.7 Å². The number of carbonyl (C=O) groups is 1. The lowest BCUT2D eigenvalue weighted by Crippen LogP contribution is -2.25. The van der Waals surface area contributed by atoms with Crippen LogP contribution in [0.3, 0.4) is 0 Å². The lowest BCUT2D eigenvalue weighted by Gasteiger charge is -2.15. The number of nitrogens with zero attached hydrogens (tertiary/aromatic N) is 3. The topological polar surface area (TPSA) is 76.6 Å². The quantitative estimate of drug-likeness (QED) is 0.368. The van der Waals surface area contributed by atoms with Gasteiger partial charge in [-0.3, -0.25) is 9.63 Å². The molecule has 0 fully saturated rings. The van der Waals surface area contributed by atoms with Crippen LogP contribution in [0.15, 0.2) is 67.0 Å². The Labute approximate surface area is 194 Å². The van der Waals surface area contributed by atoms with Gasteiger partial charge in [0.1, 0.15) is 30.3 Å². The summed E-state index contributed by atoms with van der Waals surface area (Å²) >= 11 is 6.39. The number of halogens is 2. The zero-order chi connectivity index (χ0) is 23.4. The molecule has 0 atom stereocenters. The van der Waals surface area contributed by atoms with Gasteiger partial charge in [-0.15, -0.1) is 0 Å². The number of rotatable bonds is 7. The molecule has 0 aliphatic carbocycles. The Morgan fingerprint density at radius 1 is 1.12 bits per heavy atom. The fourth-order valence-corrected chi connectivity index (χ4v) is 3.41. The number of ether oxygens (including phenoxy) is 1. The first-order chi connectivity index (χ1) is 15.9. The van der Waals surface area contributed by atoms with Crippen LogP contribution < -0.4 is 10.1 Å². The number of benzene rings is 3. The zero-order valence-electron chi connectivity index (χ0n) is 17.9. The maximum atomic E-state index is 13.3. The SMILES string of the molecule is CON(C)C(=O)c1ccc2ncnc(Nc3ccc(OCc4cccc(F)c4)c(Cl)c3)c2c1. The number of hydrogen-bond acceptors (Lipinski definition) is 6. The molecule has 4 aromatic rings. The molecule has 9 heteroatoms. The smallest absolute Gasteiger partial charge is 0.277 e. The molecule has 0 bridgehead atoms. The number of anilines is 2. The second-order valence-corrected chi connectivity index (χ2v) is 7.54. The molecule has 1 amide bonds. The molecule has 168 valence electrons. The van der Waals surface area contributed by atoms with Crippen LogP contribution in [0.2, 0.25) is 5.02 Å². The van der Waals surface area contributed by atoms with Crippen molar-refractivity contribution in [2.45, 2.75) is 6.61 Å². The van der Waals surface area contributed by atoms with E-state index in [9.17, 15) is 9.18 Å². The number of hydroxylamine groups is 2. The summed E-state index contributed by atoms with van der Waals surface area (Å²) < 4.78 is 19.1. The van der Waals surface area contributed by atoms with Crippen molar-refractivity contribution < 1.29 is 18.8 Å². The third kappa shape index (κ3) is 5.19. The fraction of sp³-hybridized carbons (Fsp3) is 0.125. The van der Waals surface area contributed by atoms with E-state index < -0.39 is 0 Å². The van der Waals surface area contributed by atoms with Crippen molar-refractivity contribution >= 4 is 39.9 Å². The van der Waals surface area contributed by atoms with E-state index in [1.54, 1.807) is 48.5 Å². The highest BCUT2D eigenvalue weighted by Crippen LogP contribution is 2.31. The summed E-state index contributed by atoms with van der Waals surface area (Å²) in [5.41, 5.74) is 2.48. The molecule has 0 saturated heterocycles. The van der Waals surface area contributed by atoms with Crippen LogP contribution in [0, 0.1) is 5.82 Å². The molecule has 3 aromatic carbocycles. The fourth-order valence-electron chi connectivity index (χ4n) is 3.17. The van der Waals surface area contributed by atoms with Gasteiger partial charge in [-0.05, 0) is 54.1 Å². The first kappa shape index (κ1) is 22.4. The van der Waals surface area contributed by atoms with Crippen molar-refractivity contribution in [2.24, 2.45) is 0 Å². The predicted molar refractivity (Wildman–Crippen MR) is 124 cm³/mol. The molecule has 0 spiro atoms. The van der Waals surface area contributed by atoms with Crippen molar-refractivity contribution in [3.63, 3.8) is 0 Å². The number of hydrogen-bond donors (Lipinski definition) is 1. The van der Waals surface area contributed by atoms with Gasteiger partial charge in [-0.25, -0.2) is 19.4 Å². The summed E-state index contributed by atoms with van der Waals surface area (Å²) in [6, 6.07) is 16.5. The lowest BCUT2D eigenvalue weighted by atomic mass is 10.1. The van der Waals surface area contributed by atoms with Gasteiger partial charge in [0.25, 0.3) is 5.91 Å². The van der Waals surface area contributed by atoms with Gasteiger partial charge < -0.3 is 10.1 Å². The number of carbonyl (C=O) groups excluding carboxylic acids is 1. The summed E-state index contributed by atoms with van der Waals surface area (Å²) in [6.07, 6.45) is 1.44. The van der Waals surface area contributed by atoms with Crippen LogP contribution in [-0.4, -0.2) is 35.1 Å². The van der Waals surface area contributed by atoms with E-state index in [1.807, 2.05) is 0 Å². The number of nitrogens with one attached hydrogen (secondary N) is 1. The van der Waals surface area contributed by atoms with Gasteiger partial charge in [0.2, 0.25) is 0 Å². The normalized spacial score (nSPS) is 10.8. The molecule has 1 heterocycles. The van der Waals surface area contributed by atoms with Crippen LogP contribution in [0.1, 0.15) is 15.9 Å². The highest BCUT2D eigenvalue weighted by Gasteiger charge is 2.14. The molecule has 4 rings (SSSR count). The van der Waals surface area contributed by atoms with Crippen molar-refractivity contribution in [1.82, 2.24) is 15.0 Å². The van der Waals surface area contributed by atoms with E-state index in [0.29, 0.717) is 44.3 Å². The van der Waals surface area contributed by atoms with Gasteiger partial charge in [0, 0.05) is 23.7 Å². The highest BCUT2D eigenvalue weighted by molar-refractivity contribution is 6.32. The second kappa shape index (κ2) is 9.81. The average molecular weight is 467 g/mol. The molecule has 0 aliphatic rings. The molecule has 0 saturated carbocycles. The van der Waals surface area contributed by atoms with Gasteiger partial charge in [-0.2, -0.15) is 0 Å². The Morgan fingerprint density at radius 2 is 1.97 bits per heavy atom. The minimum atomic E-state index is -0.322. The monoisotopic (exact) mass is 466 g/mol. The summed E-state index contributed by atoms with van der Waals surface area (Å²) in [4.78, 5) is 26.0. The lowest BCUT2D eigenvalue weighted by molar-refractivity contribution is -0.0756. The Balaban J connectivity index is 1.55. The summed E-state index contributed by atoms with van der Waals surface area (Å²) in [5, 5.41) is 5.39. The molecular formula is C24H20ClFN4O3. The van der Waals surface area contributed by atoms with Gasteiger partial charge in [0.05, 0.1) is 17.6 Å². The summed E-state index contributed by atoms with van der Waals surface area (Å²) in [6.45, 7) is 0.188. The number of amides is 1. The largest absolute Gasteiger partial charge is 0.487 e. The van der Waals surface area contributed by atoms with E-state index in [4.69, 9.17) is 21.2 Å². The average Bonchev–Trinajstić information content (AvgIpc) is 2.82. The van der Waals surface area contributed by atoms with Crippen molar-refractivity contribution in [1.29, 1.82) is 0 Å². The van der Waals surface area contributed by atoms with E-state index in [2.05, 4.69) is 15.3 Å². The minimum Gasteiger partial charge on any atom is -0.487 e. The van der Waals surface area contributed by atoms with Crippen molar-refractivity contribution in [3.05, 3.63) is 89.0 Å². The van der Waals surface area contributed by atoms with E-state index in [0.717, 1.165) is 5.06 Å². The third-order valence-corrected chi connectivity index (χ3v) is 5.22. The van der Waals surface area contributed by atoms with Crippen LogP contribution >= 0.6 is 11.6 Å². The standard InChI is InChI=1S/C24H20ClFN4O3/c1-30(32-2)24(31)16-6-8-21-19(11-16)23(28-14-27-21)29-18-7-9-22(20(25)12-18)33-13-15-4-3-5-17(26)10-15/h3-12,14H,13H2,1-2H3,(H,27,28,29). The van der Waals surface area contributed by atoms with E-state index in [1.165, 1.54) is 32.6 Å². The first-order valence-corrected chi connectivity index (χ1v) is 10.3. The van der Waals surface area contributed by atoms with Crippen molar-refractivity contribution in [2.75, 3.05) is 19.5 Å². The molecule has 1 N–H and O–H groups in total. The second-order valence-electron chi connectivity index (χ2n) is 7.13. The number of fused-ring (bicyclic) bond motifs is 1. The number of aromatic nitrogens is 2. The van der Waals surface area contributed by atoms with Crippen LogP contribution in [-0.2, 0) is 11.4 Å². The molecule has 1 aromatic heterocycles. The Kier molecular flexibility index (Phi) is 6.67. The first-order valence-electron chi connectivity index (χ1n) is 9.95. The maximum absolute atomic E-state index is 13.3. The van der Waals surface area contributed by atoms with E-state index >= 15 is 0 Å². The van der Waals surface area contributed by atoms with Crippen LogP contribution in [0.25, 0.3) is 10.9 Å². The maximum Gasteiger partial charge on any atom is 0.277 e. The molecule has 33 heavy (non-hydrogen) atoms. The Morgan fingerprint density at radius 3 is 2.73 bits per heavy atom.